The van der Waals surface area contributed by atoms with Crippen molar-refractivity contribution in [2.75, 3.05) is 39.3 Å². The van der Waals surface area contributed by atoms with Crippen LogP contribution in [0.4, 0.5) is 9.18 Å². The average Bonchev–Trinajstić information content (AvgIpc) is 3.15. The predicted molar refractivity (Wildman–Crippen MR) is 194 cm³/mol. The third-order valence-electron chi connectivity index (χ3n) is 10.4. The lowest BCUT2D eigenvalue weighted by molar-refractivity contribution is -0.0262. The summed E-state index contributed by atoms with van der Waals surface area (Å²) in [4.78, 5) is 34.5. The maximum Gasteiger partial charge on any atom is 0.315 e. The van der Waals surface area contributed by atoms with E-state index in [1.807, 2.05) is 59.5 Å². The van der Waals surface area contributed by atoms with Crippen LogP contribution in [0.3, 0.4) is 0 Å². The second-order valence-electron chi connectivity index (χ2n) is 13.6. The van der Waals surface area contributed by atoms with Gasteiger partial charge in [-0.15, -0.1) is 0 Å². The standard InChI is InChI=1S/C40H45ClFN5O3/c41-34-13-9-33(10-14-34)40(50)20-26-46(27-21-40)23-5-19-39(31-7-2-1-3-8-31,32-11-15-35(42)16-12-32)29-44-38(49)45-36-17-24-47(25-18-36)37(48)30-6-4-22-43-28-30/h1-4,6-16,22,28,36,50H,5,17-21,23-27,29H2,(H2,44,45,49). The van der Waals surface area contributed by atoms with Gasteiger partial charge >= 0.3 is 6.03 Å². The Morgan fingerprint density at radius 1 is 0.900 bits per heavy atom. The first-order chi connectivity index (χ1) is 24.2. The van der Waals surface area contributed by atoms with Gasteiger partial charge in [0.25, 0.3) is 5.91 Å². The number of benzene rings is 3. The molecule has 10 heteroatoms. The first-order valence-electron chi connectivity index (χ1n) is 17.5. The lowest BCUT2D eigenvalue weighted by Crippen LogP contribution is -2.51. The van der Waals surface area contributed by atoms with Gasteiger partial charge in [0, 0.05) is 61.6 Å². The van der Waals surface area contributed by atoms with Crippen molar-refractivity contribution in [2.45, 2.75) is 55.6 Å². The summed E-state index contributed by atoms with van der Waals surface area (Å²) in [6, 6.07) is 27.4. The predicted octanol–water partition coefficient (Wildman–Crippen LogP) is 6.53. The second kappa shape index (κ2) is 16.1. The van der Waals surface area contributed by atoms with Crippen molar-refractivity contribution in [3.05, 3.63) is 136 Å². The zero-order valence-corrected chi connectivity index (χ0v) is 29.0. The minimum Gasteiger partial charge on any atom is -0.385 e. The highest BCUT2D eigenvalue weighted by Gasteiger charge is 2.37. The zero-order chi connectivity index (χ0) is 35.0. The molecule has 0 spiro atoms. The molecule has 2 aliphatic heterocycles. The molecular weight excluding hydrogens is 653 g/mol. The Kier molecular flexibility index (Phi) is 11.5. The number of pyridine rings is 1. The van der Waals surface area contributed by atoms with E-state index in [1.54, 1.807) is 24.5 Å². The Morgan fingerprint density at radius 2 is 1.58 bits per heavy atom. The van der Waals surface area contributed by atoms with Crippen molar-refractivity contribution in [2.24, 2.45) is 0 Å². The number of piperidine rings is 2. The van der Waals surface area contributed by atoms with Gasteiger partial charge in [0.05, 0.1) is 11.2 Å². The maximum absolute atomic E-state index is 14.2. The van der Waals surface area contributed by atoms with Crippen LogP contribution in [-0.4, -0.2) is 77.1 Å². The van der Waals surface area contributed by atoms with Crippen molar-refractivity contribution in [3.63, 3.8) is 0 Å². The first-order valence-corrected chi connectivity index (χ1v) is 17.9. The SMILES string of the molecule is O=C(NCC(CCCN1CCC(O)(c2ccc(Cl)cc2)CC1)(c1ccccc1)c1ccc(F)cc1)NC1CCN(C(=O)c2cccnc2)CC1. The summed E-state index contributed by atoms with van der Waals surface area (Å²) in [5.74, 6) is -0.356. The van der Waals surface area contributed by atoms with Gasteiger partial charge in [-0.2, -0.15) is 0 Å². The van der Waals surface area contributed by atoms with Crippen LogP contribution in [0, 0.1) is 5.82 Å². The largest absolute Gasteiger partial charge is 0.385 e. The summed E-state index contributed by atoms with van der Waals surface area (Å²) in [7, 11) is 0. The lowest BCUT2D eigenvalue weighted by Gasteiger charge is -2.40. The number of urea groups is 1. The Balaban J connectivity index is 1.10. The number of amides is 3. The summed E-state index contributed by atoms with van der Waals surface area (Å²) < 4.78 is 14.2. The van der Waals surface area contributed by atoms with Gasteiger partial charge < -0.3 is 25.5 Å². The molecule has 50 heavy (non-hydrogen) atoms. The van der Waals surface area contributed by atoms with Crippen LogP contribution in [0.2, 0.25) is 5.02 Å². The van der Waals surface area contributed by atoms with Crippen molar-refractivity contribution in [3.8, 4) is 0 Å². The lowest BCUT2D eigenvalue weighted by atomic mass is 9.71. The van der Waals surface area contributed by atoms with Crippen LogP contribution in [0.5, 0.6) is 0 Å². The van der Waals surface area contributed by atoms with Crippen LogP contribution in [0.1, 0.15) is 65.6 Å². The summed E-state index contributed by atoms with van der Waals surface area (Å²) in [6.45, 7) is 3.78. The molecule has 3 N–H and O–H groups in total. The zero-order valence-electron chi connectivity index (χ0n) is 28.2. The number of hydrogen-bond acceptors (Lipinski definition) is 5. The molecule has 1 atom stereocenters. The van der Waals surface area contributed by atoms with Crippen LogP contribution in [-0.2, 0) is 11.0 Å². The normalized spacial score (nSPS) is 17.9. The number of carbonyl (C=O) groups is 2. The Bertz CT molecular complexity index is 1690. The minimum atomic E-state index is -0.869. The number of carbonyl (C=O) groups excluding carboxylic acids is 2. The number of hydrogen-bond donors (Lipinski definition) is 3. The molecule has 3 heterocycles. The fourth-order valence-electron chi connectivity index (χ4n) is 7.44. The van der Waals surface area contributed by atoms with E-state index in [4.69, 9.17) is 11.6 Å². The Labute approximate surface area is 298 Å². The molecule has 1 unspecified atom stereocenters. The van der Waals surface area contributed by atoms with Crippen LogP contribution in [0.25, 0.3) is 0 Å². The van der Waals surface area contributed by atoms with Crippen LogP contribution < -0.4 is 10.6 Å². The average molecular weight is 698 g/mol. The highest BCUT2D eigenvalue weighted by molar-refractivity contribution is 6.30. The monoisotopic (exact) mass is 697 g/mol. The molecular formula is C40H45ClFN5O3. The topological polar surface area (TPSA) is 97.8 Å². The van der Waals surface area contributed by atoms with Crippen LogP contribution >= 0.6 is 11.6 Å². The van der Waals surface area contributed by atoms with E-state index in [-0.39, 0.29) is 23.8 Å². The number of aliphatic hydroxyl groups is 1. The molecule has 1 aromatic heterocycles. The van der Waals surface area contributed by atoms with Crippen molar-refractivity contribution in [1.29, 1.82) is 0 Å². The van der Waals surface area contributed by atoms with Gasteiger partial charge in [-0.05, 0) is 98.2 Å². The Morgan fingerprint density at radius 3 is 2.24 bits per heavy atom. The molecule has 3 amide bonds. The second-order valence-corrected chi connectivity index (χ2v) is 14.0. The third kappa shape index (κ3) is 8.52. The molecule has 4 aromatic rings. The van der Waals surface area contributed by atoms with Gasteiger partial charge in [0.1, 0.15) is 5.82 Å². The fraction of sp³-hybridized carbons (Fsp3) is 0.375. The Hall–Kier alpha value is -4.31. The number of nitrogens with one attached hydrogen (secondary N) is 2. The molecule has 6 rings (SSSR count). The maximum atomic E-state index is 14.2. The van der Waals surface area contributed by atoms with E-state index in [1.165, 1.54) is 12.1 Å². The summed E-state index contributed by atoms with van der Waals surface area (Å²) in [5.41, 5.74) is 1.97. The first kappa shape index (κ1) is 35.5. The van der Waals surface area contributed by atoms with Crippen molar-refractivity contribution < 1.29 is 19.1 Å². The van der Waals surface area contributed by atoms with E-state index in [2.05, 4.69) is 32.7 Å². The van der Waals surface area contributed by atoms with Gasteiger partial charge in [0.15, 0.2) is 0 Å². The fourth-order valence-corrected chi connectivity index (χ4v) is 7.57. The van der Waals surface area contributed by atoms with Gasteiger partial charge in [-0.25, -0.2) is 9.18 Å². The molecule has 262 valence electrons. The smallest absolute Gasteiger partial charge is 0.315 e. The summed E-state index contributed by atoms with van der Waals surface area (Å²) in [5, 5.41) is 18.3. The summed E-state index contributed by atoms with van der Waals surface area (Å²) >= 11 is 6.08. The number of aromatic nitrogens is 1. The summed E-state index contributed by atoms with van der Waals surface area (Å²) in [6.07, 6.45) is 7.36. The van der Waals surface area contributed by atoms with Crippen LogP contribution in [0.15, 0.2) is 103 Å². The molecule has 2 fully saturated rings. The number of halogens is 2. The molecule has 0 radical (unpaired) electrons. The van der Waals surface area contributed by atoms with E-state index < -0.39 is 11.0 Å². The van der Waals surface area contributed by atoms with Gasteiger partial charge in [-0.3, -0.25) is 9.78 Å². The third-order valence-corrected chi connectivity index (χ3v) is 10.7. The van der Waals surface area contributed by atoms with E-state index in [0.717, 1.165) is 49.2 Å². The number of likely N-dealkylation sites (tertiary alicyclic amines) is 2. The molecule has 2 aliphatic rings. The molecule has 3 aromatic carbocycles. The highest BCUT2D eigenvalue weighted by atomic mass is 35.5. The van der Waals surface area contributed by atoms with Gasteiger partial charge in [-0.1, -0.05) is 66.2 Å². The highest BCUT2D eigenvalue weighted by Crippen LogP contribution is 2.38. The van der Waals surface area contributed by atoms with E-state index >= 15 is 0 Å². The van der Waals surface area contributed by atoms with Crippen molar-refractivity contribution in [1.82, 2.24) is 25.4 Å². The molecule has 0 bridgehead atoms. The molecule has 2 saturated heterocycles. The van der Waals surface area contributed by atoms with Crippen molar-refractivity contribution >= 4 is 23.5 Å². The van der Waals surface area contributed by atoms with E-state index in [0.29, 0.717) is 55.9 Å². The molecule has 0 saturated carbocycles. The van der Waals surface area contributed by atoms with E-state index in [9.17, 15) is 19.1 Å². The van der Waals surface area contributed by atoms with Gasteiger partial charge in [0.2, 0.25) is 0 Å². The minimum absolute atomic E-state index is 0.0465. The number of nitrogens with zero attached hydrogens (tertiary/aromatic N) is 3. The number of rotatable bonds is 11. The quantitative estimate of drug-likeness (QED) is 0.166. The molecule has 0 aliphatic carbocycles. The molecule has 8 nitrogen and oxygen atoms in total.